The SMILES string of the molecule is Cc1cc(Br)c(NCC(=O)N2CCCC2)cc1Cl. The highest BCUT2D eigenvalue weighted by atomic mass is 79.9. The molecule has 2 rings (SSSR count). The van der Waals surface area contributed by atoms with E-state index in [1.165, 1.54) is 0 Å². The van der Waals surface area contributed by atoms with Crippen molar-refractivity contribution in [3.05, 3.63) is 27.2 Å². The zero-order valence-corrected chi connectivity index (χ0v) is 12.6. The molecule has 3 nitrogen and oxygen atoms in total. The van der Waals surface area contributed by atoms with Gasteiger partial charge in [0.05, 0.1) is 12.2 Å². The summed E-state index contributed by atoms with van der Waals surface area (Å²) in [5.74, 6) is 0.149. The second kappa shape index (κ2) is 5.93. The molecule has 0 unspecified atom stereocenters. The summed E-state index contributed by atoms with van der Waals surface area (Å²) in [7, 11) is 0. The number of likely N-dealkylation sites (tertiary alicyclic amines) is 1. The van der Waals surface area contributed by atoms with E-state index in [9.17, 15) is 4.79 Å². The van der Waals surface area contributed by atoms with Crippen molar-refractivity contribution >= 4 is 39.1 Å². The zero-order chi connectivity index (χ0) is 13.1. The maximum Gasteiger partial charge on any atom is 0.241 e. The maximum atomic E-state index is 11.9. The van der Waals surface area contributed by atoms with E-state index in [1.807, 2.05) is 24.0 Å². The number of carbonyl (C=O) groups is 1. The standard InChI is InChI=1S/C13H16BrClN2O/c1-9-6-10(14)12(7-11(9)15)16-8-13(18)17-4-2-3-5-17/h6-7,16H,2-5,8H2,1H3. The number of nitrogens with zero attached hydrogens (tertiary/aromatic N) is 1. The van der Waals surface area contributed by atoms with Crippen LogP contribution in [0.25, 0.3) is 0 Å². The van der Waals surface area contributed by atoms with E-state index in [0.717, 1.165) is 41.7 Å². The van der Waals surface area contributed by atoms with Crippen molar-refractivity contribution in [2.45, 2.75) is 19.8 Å². The minimum atomic E-state index is 0.149. The Balaban J connectivity index is 1.97. The highest BCUT2D eigenvalue weighted by Gasteiger charge is 2.17. The first-order valence-corrected chi connectivity index (χ1v) is 7.22. The number of aryl methyl sites for hydroxylation is 1. The van der Waals surface area contributed by atoms with Crippen LogP contribution in [0, 0.1) is 6.92 Å². The fraction of sp³-hybridized carbons (Fsp3) is 0.462. The number of nitrogens with one attached hydrogen (secondary N) is 1. The molecule has 0 aromatic heterocycles. The third-order valence-corrected chi connectivity index (χ3v) is 4.20. The Labute approximate surface area is 121 Å². The van der Waals surface area contributed by atoms with Crippen molar-refractivity contribution in [1.82, 2.24) is 4.90 Å². The molecule has 0 saturated carbocycles. The minimum Gasteiger partial charge on any atom is -0.375 e. The monoisotopic (exact) mass is 330 g/mol. The molecule has 1 aliphatic rings. The molecule has 0 aliphatic carbocycles. The van der Waals surface area contributed by atoms with Crippen molar-refractivity contribution in [1.29, 1.82) is 0 Å². The molecule has 18 heavy (non-hydrogen) atoms. The van der Waals surface area contributed by atoms with Crippen molar-refractivity contribution in [2.75, 3.05) is 25.0 Å². The van der Waals surface area contributed by atoms with Gasteiger partial charge < -0.3 is 10.2 Å². The van der Waals surface area contributed by atoms with E-state index in [0.29, 0.717) is 11.6 Å². The maximum absolute atomic E-state index is 11.9. The van der Waals surface area contributed by atoms with Gasteiger partial charge in [-0.1, -0.05) is 11.6 Å². The summed E-state index contributed by atoms with van der Waals surface area (Å²) in [6.07, 6.45) is 2.23. The molecular formula is C13H16BrClN2O. The fourth-order valence-corrected chi connectivity index (χ4v) is 2.79. The van der Waals surface area contributed by atoms with Crippen LogP contribution in [-0.4, -0.2) is 30.4 Å². The van der Waals surface area contributed by atoms with Gasteiger partial charge in [-0.15, -0.1) is 0 Å². The lowest BCUT2D eigenvalue weighted by Crippen LogP contribution is -2.33. The molecule has 0 atom stereocenters. The molecule has 1 fully saturated rings. The molecule has 0 radical (unpaired) electrons. The van der Waals surface area contributed by atoms with Gasteiger partial charge in [-0.25, -0.2) is 0 Å². The molecule has 98 valence electrons. The van der Waals surface area contributed by atoms with Gasteiger partial charge in [-0.3, -0.25) is 4.79 Å². The summed E-state index contributed by atoms with van der Waals surface area (Å²) in [5.41, 5.74) is 1.87. The summed E-state index contributed by atoms with van der Waals surface area (Å²) in [6, 6.07) is 3.79. The van der Waals surface area contributed by atoms with Crippen molar-refractivity contribution in [3.63, 3.8) is 0 Å². The van der Waals surface area contributed by atoms with E-state index in [4.69, 9.17) is 11.6 Å². The van der Waals surface area contributed by atoms with Crippen molar-refractivity contribution in [2.24, 2.45) is 0 Å². The molecule has 1 N–H and O–H groups in total. The normalized spacial score (nSPS) is 14.9. The van der Waals surface area contributed by atoms with E-state index in [-0.39, 0.29) is 5.91 Å². The molecule has 1 amide bonds. The van der Waals surface area contributed by atoms with Crippen LogP contribution in [0.3, 0.4) is 0 Å². The van der Waals surface area contributed by atoms with Crippen LogP contribution in [0.2, 0.25) is 5.02 Å². The minimum absolute atomic E-state index is 0.149. The van der Waals surface area contributed by atoms with Gasteiger partial charge in [-0.05, 0) is 53.4 Å². The molecule has 1 heterocycles. The first-order chi connectivity index (χ1) is 8.58. The van der Waals surface area contributed by atoms with E-state index in [2.05, 4.69) is 21.2 Å². The van der Waals surface area contributed by atoms with Gasteiger partial charge in [-0.2, -0.15) is 0 Å². The molecular weight excluding hydrogens is 316 g/mol. The largest absolute Gasteiger partial charge is 0.375 e. The second-order valence-electron chi connectivity index (χ2n) is 4.52. The van der Waals surface area contributed by atoms with Crippen LogP contribution >= 0.6 is 27.5 Å². The highest BCUT2D eigenvalue weighted by Crippen LogP contribution is 2.29. The third-order valence-electron chi connectivity index (χ3n) is 3.14. The average Bonchev–Trinajstić information content (AvgIpc) is 2.85. The Morgan fingerprint density at radius 3 is 2.78 bits per heavy atom. The Morgan fingerprint density at radius 2 is 2.11 bits per heavy atom. The van der Waals surface area contributed by atoms with E-state index >= 15 is 0 Å². The van der Waals surface area contributed by atoms with Crippen LogP contribution in [-0.2, 0) is 4.79 Å². The first kappa shape index (κ1) is 13.7. The Morgan fingerprint density at radius 1 is 1.44 bits per heavy atom. The van der Waals surface area contributed by atoms with Crippen molar-refractivity contribution in [3.8, 4) is 0 Å². The predicted molar refractivity (Wildman–Crippen MR) is 78.2 cm³/mol. The molecule has 5 heteroatoms. The number of benzene rings is 1. The molecule has 0 bridgehead atoms. The van der Waals surface area contributed by atoms with Crippen molar-refractivity contribution < 1.29 is 4.79 Å². The number of anilines is 1. The third kappa shape index (κ3) is 3.18. The van der Waals surface area contributed by atoms with E-state index < -0.39 is 0 Å². The number of carbonyl (C=O) groups excluding carboxylic acids is 1. The van der Waals surface area contributed by atoms with Crippen LogP contribution in [0.1, 0.15) is 18.4 Å². The number of halogens is 2. The van der Waals surface area contributed by atoms with Gasteiger partial charge in [0.2, 0.25) is 5.91 Å². The van der Waals surface area contributed by atoms with Crippen LogP contribution in [0.15, 0.2) is 16.6 Å². The lowest BCUT2D eigenvalue weighted by Gasteiger charge is -2.16. The average molecular weight is 332 g/mol. The molecule has 1 aromatic rings. The van der Waals surface area contributed by atoms with Gasteiger partial charge in [0.1, 0.15) is 0 Å². The number of amides is 1. The summed E-state index contributed by atoms with van der Waals surface area (Å²) in [5, 5.41) is 3.84. The fourth-order valence-electron chi connectivity index (χ4n) is 2.03. The Hall–Kier alpha value is -0.740. The zero-order valence-electron chi connectivity index (χ0n) is 10.3. The topological polar surface area (TPSA) is 32.3 Å². The highest BCUT2D eigenvalue weighted by molar-refractivity contribution is 9.10. The lowest BCUT2D eigenvalue weighted by molar-refractivity contribution is -0.128. The summed E-state index contributed by atoms with van der Waals surface area (Å²) < 4.78 is 0.929. The van der Waals surface area contributed by atoms with Gasteiger partial charge in [0.15, 0.2) is 0 Å². The summed E-state index contributed by atoms with van der Waals surface area (Å²) >= 11 is 9.54. The van der Waals surface area contributed by atoms with Crippen LogP contribution in [0.5, 0.6) is 0 Å². The smallest absolute Gasteiger partial charge is 0.241 e. The van der Waals surface area contributed by atoms with Gasteiger partial charge in [0.25, 0.3) is 0 Å². The van der Waals surface area contributed by atoms with Crippen LogP contribution in [0.4, 0.5) is 5.69 Å². The first-order valence-electron chi connectivity index (χ1n) is 6.05. The molecule has 1 aromatic carbocycles. The lowest BCUT2D eigenvalue weighted by atomic mass is 10.2. The number of hydrogen-bond acceptors (Lipinski definition) is 2. The second-order valence-corrected chi connectivity index (χ2v) is 5.78. The van der Waals surface area contributed by atoms with Crippen LogP contribution < -0.4 is 5.32 Å². The molecule has 1 aliphatic heterocycles. The van der Waals surface area contributed by atoms with Gasteiger partial charge in [0, 0.05) is 22.6 Å². The number of rotatable bonds is 3. The predicted octanol–water partition coefficient (Wildman–Crippen LogP) is 3.45. The Kier molecular flexibility index (Phi) is 4.51. The number of hydrogen-bond donors (Lipinski definition) is 1. The summed E-state index contributed by atoms with van der Waals surface area (Å²) in [4.78, 5) is 13.8. The quantitative estimate of drug-likeness (QED) is 0.920. The summed E-state index contributed by atoms with van der Waals surface area (Å²) in [6.45, 7) is 4.04. The molecule has 0 spiro atoms. The molecule has 1 saturated heterocycles. The van der Waals surface area contributed by atoms with Gasteiger partial charge >= 0.3 is 0 Å². The van der Waals surface area contributed by atoms with E-state index in [1.54, 1.807) is 0 Å². The Bertz CT molecular complexity index is 459.